The van der Waals surface area contributed by atoms with E-state index < -0.39 is 50.1 Å². The lowest BCUT2D eigenvalue weighted by Gasteiger charge is -2.22. The third kappa shape index (κ3) is 9.63. The molecule has 0 radical (unpaired) electrons. The van der Waals surface area contributed by atoms with Crippen LogP contribution in [0.2, 0.25) is 25.7 Å². The summed E-state index contributed by atoms with van der Waals surface area (Å²) in [7, 11) is -1.29. The molecule has 11 nitrogen and oxygen atoms in total. The number of hydrogen-bond acceptors (Lipinski definition) is 9. The molecule has 2 aliphatic rings. The van der Waals surface area contributed by atoms with Gasteiger partial charge in [-0.1, -0.05) is 50.0 Å². The molecule has 0 N–H and O–H groups in total. The molecule has 2 atom stereocenters. The molecular formula is C27H36N2O9Si. The highest BCUT2D eigenvalue weighted by Gasteiger charge is 2.43. The molecule has 2 heterocycles. The van der Waals surface area contributed by atoms with Gasteiger partial charge in [-0.2, -0.15) is 0 Å². The van der Waals surface area contributed by atoms with Crippen molar-refractivity contribution in [3.63, 3.8) is 0 Å². The number of amides is 3. The zero-order valence-corrected chi connectivity index (χ0v) is 23.6. The van der Waals surface area contributed by atoms with E-state index >= 15 is 0 Å². The molecule has 212 valence electrons. The van der Waals surface area contributed by atoms with Crippen molar-refractivity contribution >= 4 is 37.9 Å². The van der Waals surface area contributed by atoms with E-state index in [1.807, 2.05) is 30.3 Å². The maximum atomic E-state index is 12.9. The summed E-state index contributed by atoms with van der Waals surface area (Å²) in [6, 6.07) is 9.03. The number of ether oxygens (including phenoxy) is 4. The van der Waals surface area contributed by atoms with E-state index in [-0.39, 0.29) is 45.8 Å². The highest BCUT2D eigenvalue weighted by Crippen LogP contribution is 2.24. The lowest BCUT2D eigenvalue weighted by Crippen LogP contribution is -2.42. The zero-order chi connectivity index (χ0) is 28.4. The zero-order valence-electron chi connectivity index (χ0n) is 22.6. The Morgan fingerprint density at radius 1 is 1.00 bits per heavy atom. The van der Waals surface area contributed by atoms with Crippen molar-refractivity contribution in [1.82, 2.24) is 9.80 Å². The summed E-state index contributed by atoms with van der Waals surface area (Å²) in [5.41, 5.74) is 0.785. The van der Waals surface area contributed by atoms with Crippen LogP contribution in [0.3, 0.4) is 0 Å². The van der Waals surface area contributed by atoms with Gasteiger partial charge in [-0.3, -0.25) is 24.2 Å². The van der Waals surface area contributed by atoms with Crippen molar-refractivity contribution < 1.29 is 42.9 Å². The fraction of sp³-hybridized carbons (Fsp3) is 0.519. The van der Waals surface area contributed by atoms with Crippen LogP contribution in [-0.4, -0.2) is 86.4 Å². The van der Waals surface area contributed by atoms with Gasteiger partial charge in [-0.25, -0.2) is 9.59 Å². The lowest BCUT2D eigenvalue weighted by molar-refractivity contribution is -0.161. The normalized spacial score (nSPS) is 18.9. The monoisotopic (exact) mass is 560 g/mol. The quantitative estimate of drug-likeness (QED) is 0.0893. The van der Waals surface area contributed by atoms with Gasteiger partial charge in [0.2, 0.25) is 0 Å². The number of likely N-dealkylation sites (tertiary alicyclic amines) is 1. The Labute approximate surface area is 229 Å². The van der Waals surface area contributed by atoms with Crippen molar-refractivity contribution in [2.24, 2.45) is 0 Å². The van der Waals surface area contributed by atoms with Crippen molar-refractivity contribution in [1.29, 1.82) is 0 Å². The Bertz CT molecular complexity index is 1050. The Kier molecular flexibility index (Phi) is 10.8. The topological polar surface area (TPSA) is 129 Å². The molecule has 0 saturated carbocycles. The van der Waals surface area contributed by atoms with Gasteiger partial charge in [0.1, 0.15) is 18.8 Å². The first-order valence-electron chi connectivity index (χ1n) is 13.0. The molecule has 2 aliphatic heterocycles. The van der Waals surface area contributed by atoms with Gasteiger partial charge in [-0.15, -0.1) is 0 Å². The standard InChI is InChI=1S/C27H36N2O9Si/c1-39(2,3)15-14-35-19-37-26(33)22-16-21(17-29(22)27(34)36-18-20-8-5-4-6-9-20)38-25(32)10-7-13-28-23(30)11-12-24(28)31/h4-6,8-9,11-12,21-22H,7,10,13-19H2,1-3H3/t21-,22+/m1/s1. The molecule has 0 bridgehead atoms. The van der Waals surface area contributed by atoms with Crippen LogP contribution in [-0.2, 0) is 44.7 Å². The molecule has 12 heteroatoms. The van der Waals surface area contributed by atoms with E-state index in [1.165, 1.54) is 17.1 Å². The minimum Gasteiger partial charge on any atom is -0.460 e. The number of nitrogens with zero attached hydrogens (tertiary/aromatic N) is 2. The van der Waals surface area contributed by atoms with Crippen LogP contribution < -0.4 is 0 Å². The number of imide groups is 1. The third-order valence-electron chi connectivity index (χ3n) is 6.22. The van der Waals surface area contributed by atoms with Crippen LogP contribution >= 0.6 is 0 Å². The number of benzene rings is 1. The van der Waals surface area contributed by atoms with Crippen molar-refractivity contribution in [2.75, 3.05) is 26.5 Å². The maximum absolute atomic E-state index is 12.9. The molecule has 0 aliphatic carbocycles. The van der Waals surface area contributed by atoms with Crippen LogP contribution in [0.15, 0.2) is 42.5 Å². The fourth-order valence-electron chi connectivity index (χ4n) is 4.02. The molecule has 0 spiro atoms. The Morgan fingerprint density at radius 3 is 2.36 bits per heavy atom. The Balaban J connectivity index is 1.52. The molecule has 1 aromatic carbocycles. The van der Waals surface area contributed by atoms with E-state index in [9.17, 15) is 24.0 Å². The number of hydrogen-bond donors (Lipinski definition) is 0. The predicted molar refractivity (Wildman–Crippen MR) is 142 cm³/mol. The molecule has 0 aromatic heterocycles. The van der Waals surface area contributed by atoms with Gasteiger partial charge in [0, 0.05) is 46.2 Å². The lowest BCUT2D eigenvalue weighted by atomic mass is 10.2. The summed E-state index contributed by atoms with van der Waals surface area (Å²) in [5, 5.41) is 0. The van der Waals surface area contributed by atoms with Crippen LogP contribution in [0.4, 0.5) is 4.79 Å². The third-order valence-corrected chi connectivity index (χ3v) is 7.92. The molecular weight excluding hydrogens is 524 g/mol. The van der Waals surface area contributed by atoms with Crippen molar-refractivity contribution in [3.8, 4) is 0 Å². The van der Waals surface area contributed by atoms with Gasteiger partial charge in [-0.05, 0) is 18.0 Å². The average molecular weight is 561 g/mol. The van der Waals surface area contributed by atoms with Crippen LogP contribution in [0.1, 0.15) is 24.8 Å². The summed E-state index contributed by atoms with van der Waals surface area (Å²) in [6.45, 7) is 6.95. The Morgan fingerprint density at radius 2 is 1.69 bits per heavy atom. The number of rotatable bonds is 13. The largest absolute Gasteiger partial charge is 0.460 e. The molecule has 1 fully saturated rings. The highest BCUT2D eigenvalue weighted by atomic mass is 28.3. The summed E-state index contributed by atoms with van der Waals surface area (Å²) in [6.07, 6.45) is 1.14. The second-order valence-electron chi connectivity index (χ2n) is 10.6. The molecule has 3 amide bonds. The van der Waals surface area contributed by atoms with Gasteiger partial charge < -0.3 is 18.9 Å². The first-order valence-corrected chi connectivity index (χ1v) is 16.7. The second-order valence-corrected chi connectivity index (χ2v) is 16.2. The number of carbonyl (C=O) groups excluding carboxylic acids is 5. The fourth-order valence-corrected chi connectivity index (χ4v) is 4.78. The van der Waals surface area contributed by atoms with Crippen LogP contribution in [0.5, 0.6) is 0 Å². The van der Waals surface area contributed by atoms with Gasteiger partial charge >= 0.3 is 18.0 Å². The summed E-state index contributed by atoms with van der Waals surface area (Å²) in [4.78, 5) is 63.7. The van der Waals surface area contributed by atoms with Gasteiger partial charge in [0.15, 0.2) is 6.79 Å². The van der Waals surface area contributed by atoms with Crippen molar-refractivity contribution in [3.05, 3.63) is 48.0 Å². The first-order chi connectivity index (χ1) is 18.5. The Hall–Kier alpha value is -3.51. The molecule has 1 saturated heterocycles. The molecule has 3 rings (SSSR count). The number of esters is 2. The van der Waals surface area contributed by atoms with Crippen LogP contribution in [0.25, 0.3) is 0 Å². The second kappa shape index (κ2) is 14.0. The van der Waals surface area contributed by atoms with E-state index in [1.54, 1.807) is 0 Å². The smallest absolute Gasteiger partial charge is 0.410 e. The summed E-state index contributed by atoms with van der Waals surface area (Å²) in [5.74, 6) is -2.07. The van der Waals surface area contributed by atoms with E-state index in [0.29, 0.717) is 6.61 Å². The number of carbonyl (C=O) groups is 5. The average Bonchev–Trinajstić information content (AvgIpc) is 3.45. The van der Waals surface area contributed by atoms with E-state index in [0.717, 1.165) is 16.5 Å². The van der Waals surface area contributed by atoms with E-state index in [2.05, 4.69) is 19.6 Å². The van der Waals surface area contributed by atoms with E-state index in [4.69, 9.17) is 18.9 Å². The van der Waals surface area contributed by atoms with Gasteiger partial charge in [0.25, 0.3) is 11.8 Å². The van der Waals surface area contributed by atoms with Crippen LogP contribution in [0, 0.1) is 0 Å². The summed E-state index contributed by atoms with van der Waals surface area (Å²) >= 11 is 0. The minimum atomic E-state index is -1.29. The minimum absolute atomic E-state index is 0.0188. The van der Waals surface area contributed by atoms with Crippen molar-refractivity contribution in [2.45, 2.75) is 63.7 Å². The first kappa shape index (κ1) is 30.0. The van der Waals surface area contributed by atoms with Gasteiger partial charge in [0.05, 0.1) is 6.54 Å². The highest BCUT2D eigenvalue weighted by molar-refractivity contribution is 6.76. The SMILES string of the molecule is C[Si](C)(C)CCOCOC(=O)[C@@H]1C[C@@H](OC(=O)CCCN2C(=O)C=CC2=O)CN1C(=O)OCc1ccccc1. The maximum Gasteiger partial charge on any atom is 0.410 e. The predicted octanol–water partition coefficient (Wildman–Crippen LogP) is 2.87. The molecule has 1 aromatic rings. The summed E-state index contributed by atoms with van der Waals surface area (Å²) < 4.78 is 21.6. The molecule has 0 unspecified atom stereocenters. The molecule has 39 heavy (non-hydrogen) atoms.